The summed E-state index contributed by atoms with van der Waals surface area (Å²) in [6, 6.07) is 23.1. The van der Waals surface area contributed by atoms with Gasteiger partial charge in [-0.3, -0.25) is 4.79 Å². The molecule has 1 aliphatic heterocycles. The van der Waals surface area contributed by atoms with E-state index in [2.05, 4.69) is 0 Å². The Labute approximate surface area is 252 Å². The van der Waals surface area contributed by atoms with Gasteiger partial charge in [-0.2, -0.15) is 9.57 Å². The summed E-state index contributed by atoms with van der Waals surface area (Å²) in [5.74, 6) is -0.517. The lowest BCUT2D eigenvalue weighted by Gasteiger charge is -2.35. The zero-order valence-electron chi connectivity index (χ0n) is 24.8. The molecule has 2 heterocycles. The summed E-state index contributed by atoms with van der Waals surface area (Å²) < 4.78 is 36.7. The lowest BCUT2D eigenvalue weighted by atomic mass is 9.96. The maximum Gasteiger partial charge on any atom is 0.271 e. The minimum atomic E-state index is -3.93. The van der Waals surface area contributed by atoms with E-state index >= 15 is 0 Å². The number of carbonyl (C=O) groups excluding carboxylic acids is 1. The van der Waals surface area contributed by atoms with E-state index in [9.17, 15) is 23.6 Å². The number of ether oxygens (including phenoxy) is 1. The van der Waals surface area contributed by atoms with Gasteiger partial charge in [0, 0.05) is 49.6 Å². The minimum absolute atomic E-state index is 0.0217. The van der Waals surface area contributed by atoms with Gasteiger partial charge < -0.3 is 19.3 Å². The van der Waals surface area contributed by atoms with Crippen LogP contribution in [0.4, 0.5) is 0 Å². The number of rotatable bonds is 6. The second-order valence-electron chi connectivity index (χ2n) is 11.2. The number of aliphatic hydroxyl groups excluding tert-OH is 1. The fourth-order valence-electron chi connectivity index (χ4n) is 5.78. The van der Waals surface area contributed by atoms with Gasteiger partial charge in [-0.25, -0.2) is 8.42 Å². The van der Waals surface area contributed by atoms with E-state index < -0.39 is 22.2 Å². The first-order valence-electron chi connectivity index (χ1n) is 14.2. The zero-order chi connectivity index (χ0) is 30.9. The Morgan fingerprint density at radius 3 is 2.58 bits per heavy atom. The van der Waals surface area contributed by atoms with Crippen molar-refractivity contribution in [2.45, 2.75) is 37.5 Å². The molecule has 0 spiro atoms. The molecule has 0 unspecified atom stereocenters. The van der Waals surface area contributed by atoms with Gasteiger partial charge in [-0.1, -0.05) is 55.5 Å². The van der Waals surface area contributed by atoms with Crippen LogP contribution in [-0.2, 0) is 28.4 Å². The van der Waals surface area contributed by atoms with Gasteiger partial charge in [0.05, 0.1) is 41.9 Å². The number of aromatic nitrogens is 1. The number of nitrogens with zero attached hydrogens (tertiary/aromatic N) is 4. The van der Waals surface area contributed by atoms with Crippen LogP contribution in [0.2, 0.25) is 0 Å². The number of fused-ring (bicyclic) bond motifs is 5. The van der Waals surface area contributed by atoms with Crippen LogP contribution in [-0.4, -0.2) is 72.1 Å². The third-order valence-corrected chi connectivity index (χ3v) is 10.2. The average molecular weight is 601 g/mol. The number of carbonyl (C=O) groups is 1. The first-order chi connectivity index (χ1) is 20.6. The Morgan fingerprint density at radius 1 is 1.12 bits per heavy atom. The highest BCUT2D eigenvalue weighted by Gasteiger charge is 2.35. The number of hydrogen-bond donors (Lipinski definition) is 1. The van der Waals surface area contributed by atoms with Crippen molar-refractivity contribution < 1.29 is 23.1 Å². The molecule has 0 bridgehead atoms. The van der Waals surface area contributed by atoms with Gasteiger partial charge in [0.25, 0.3) is 5.91 Å². The average Bonchev–Trinajstić information content (AvgIpc) is 3.31. The number of hydrogen-bond acceptors (Lipinski definition) is 6. The molecule has 4 aromatic rings. The first kappa shape index (κ1) is 30.4. The Kier molecular flexibility index (Phi) is 8.71. The summed E-state index contributed by atoms with van der Waals surface area (Å²) in [6.07, 6.45) is -0.592. The van der Waals surface area contributed by atoms with Gasteiger partial charge in [0.15, 0.2) is 0 Å². The minimum Gasteiger partial charge on any atom is -0.394 e. The number of nitriles is 1. The van der Waals surface area contributed by atoms with Crippen LogP contribution in [0.1, 0.15) is 35.5 Å². The van der Waals surface area contributed by atoms with Crippen molar-refractivity contribution in [2.24, 2.45) is 13.0 Å². The molecule has 1 N–H and O–H groups in total. The second kappa shape index (κ2) is 12.3. The van der Waals surface area contributed by atoms with E-state index in [1.165, 1.54) is 23.5 Å². The van der Waals surface area contributed by atoms with Gasteiger partial charge in [0.2, 0.25) is 10.0 Å². The van der Waals surface area contributed by atoms with Crippen molar-refractivity contribution in [1.29, 1.82) is 5.26 Å². The fraction of sp³-hybridized carbons (Fsp3) is 0.333. The number of para-hydroxylation sites is 1. The van der Waals surface area contributed by atoms with Crippen molar-refractivity contribution in [1.82, 2.24) is 13.8 Å². The predicted molar refractivity (Wildman–Crippen MR) is 165 cm³/mol. The second-order valence-corrected chi connectivity index (χ2v) is 13.2. The van der Waals surface area contributed by atoms with Crippen LogP contribution in [0.3, 0.4) is 0 Å². The summed E-state index contributed by atoms with van der Waals surface area (Å²) in [5.41, 5.74) is 4.24. The van der Waals surface area contributed by atoms with Crippen LogP contribution < -0.4 is 0 Å². The summed E-state index contributed by atoms with van der Waals surface area (Å²) in [6.45, 7) is 3.96. The number of sulfonamides is 1. The van der Waals surface area contributed by atoms with Crippen molar-refractivity contribution in [3.05, 3.63) is 89.6 Å². The molecule has 3 atom stereocenters. The monoisotopic (exact) mass is 600 g/mol. The normalized spacial score (nSPS) is 18.5. The summed E-state index contributed by atoms with van der Waals surface area (Å²) in [7, 11) is -0.558. The van der Waals surface area contributed by atoms with Gasteiger partial charge >= 0.3 is 0 Å². The molecule has 43 heavy (non-hydrogen) atoms. The predicted octanol–water partition coefficient (Wildman–Crippen LogP) is 4.40. The molecule has 5 rings (SSSR count). The largest absolute Gasteiger partial charge is 0.394 e. The van der Waals surface area contributed by atoms with Crippen LogP contribution >= 0.6 is 0 Å². The molecular weight excluding hydrogens is 564 g/mol. The third kappa shape index (κ3) is 5.69. The molecule has 1 aliphatic rings. The highest BCUT2D eigenvalue weighted by molar-refractivity contribution is 7.89. The molecule has 0 saturated carbocycles. The topological polar surface area (TPSA) is 116 Å². The van der Waals surface area contributed by atoms with E-state index in [4.69, 9.17) is 4.74 Å². The number of aryl methyl sites for hydroxylation is 1. The smallest absolute Gasteiger partial charge is 0.271 e. The molecular formula is C33H36N4O5S. The molecule has 10 heteroatoms. The van der Waals surface area contributed by atoms with E-state index in [-0.39, 0.29) is 48.6 Å². The van der Waals surface area contributed by atoms with Gasteiger partial charge in [-0.15, -0.1) is 0 Å². The van der Waals surface area contributed by atoms with Gasteiger partial charge in [0.1, 0.15) is 5.69 Å². The Hall–Kier alpha value is -4.01. The standard InChI is InChI=1S/C33H36N4O5S/c1-22-18-37(23(2)20-38)33(39)32-31(28-14-7-8-15-29(28)36(32)4)27-13-6-5-11-25(27)21-42-30(22)19-35(3)43(40,41)26-12-9-10-24(16-26)17-34/h5-16,22-23,30,38H,18-21H2,1-4H3/t22-,23+,30+/m1/s1. The SMILES string of the molecule is C[C@@H]1CN([C@@H](C)CO)C(=O)c2c(c3ccccc3n2C)-c2ccccc2CO[C@H]1CN(C)S(=O)(=O)c1cccc(C#N)c1. The Bertz CT molecular complexity index is 1810. The zero-order valence-corrected chi connectivity index (χ0v) is 25.6. The number of aliphatic hydroxyl groups is 1. The fourth-order valence-corrected chi connectivity index (χ4v) is 7.01. The maximum absolute atomic E-state index is 14.5. The maximum atomic E-state index is 14.5. The van der Waals surface area contributed by atoms with Crippen LogP contribution in [0.15, 0.2) is 77.7 Å². The van der Waals surface area contributed by atoms with Crippen LogP contribution in [0.25, 0.3) is 22.0 Å². The van der Waals surface area contributed by atoms with Crippen LogP contribution in [0, 0.1) is 17.2 Å². The van der Waals surface area contributed by atoms with E-state index in [1.807, 2.05) is 73.1 Å². The Morgan fingerprint density at radius 2 is 1.84 bits per heavy atom. The number of amides is 1. The molecule has 1 amide bonds. The lowest BCUT2D eigenvalue weighted by Crippen LogP contribution is -2.48. The molecule has 3 aromatic carbocycles. The lowest BCUT2D eigenvalue weighted by molar-refractivity contribution is -0.0147. The van der Waals surface area contributed by atoms with E-state index in [0.717, 1.165) is 27.6 Å². The summed E-state index contributed by atoms with van der Waals surface area (Å²) in [4.78, 5) is 16.2. The highest BCUT2D eigenvalue weighted by Crippen LogP contribution is 2.38. The summed E-state index contributed by atoms with van der Waals surface area (Å²) in [5, 5.41) is 20.4. The molecule has 0 saturated heterocycles. The first-order valence-corrected chi connectivity index (χ1v) is 15.7. The molecule has 0 fully saturated rings. The third-order valence-electron chi connectivity index (χ3n) is 8.33. The summed E-state index contributed by atoms with van der Waals surface area (Å²) >= 11 is 0. The van der Waals surface area contributed by atoms with Crippen LogP contribution in [0.5, 0.6) is 0 Å². The molecule has 0 radical (unpaired) electrons. The van der Waals surface area contributed by atoms with Crippen molar-refractivity contribution >= 4 is 26.8 Å². The van der Waals surface area contributed by atoms with Crippen molar-refractivity contribution in [2.75, 3.05) is 26.7 Å². The quantitative estimate of drug-likeness (QED) is 0.351. The van der Waals surface area contributed by atoms with E-state index in [0.29, 0.717) is 5.69 Å². The Balaban J connectivity index is 1.60. The molecule has 1 aromatic heterocycles. The molecule has 9 nitrogen and oxygen atoms in total. The van der Waals surface area contributed by atoms with Gasteiger partial charge in [-0.05, 0) is 42.3 Å². The van der Waals surface area contributed by atoms with Crippen molar-refractivity contribution in [3.8, 4) is 17.2 Å². The molecule has 0 aliphatic carbocycles. The number of likely N-dealkylation sites (N-methyl/N-ethyl adjacent to an activating group) is 1. The highest BCUT2D eigenvalue weighted by atomic mass is 32.2. The number of benzene rings is 3. The van der Waals surface area contributed by atoms with Crippen molar-refractivity contribution in [3.63, 3.8) is 0 Å². The van der Waals surface area contributed by atoms with E-state index in [1.54, 1.807) is 24.0 Å². The molecule has 224 valence electrons.